The second-order valence-corrected chi connectivity index (χ2v) is 7.63. The first kappa shape index (κ1) is 20.5. The lowest BCUT2D eigenvalue weighted by molar-refractivity contribution is -0.306. The number of nitrogens with one attached hydrogen (secondary N) is 2. The van der Waals surface area contributed by atoms with Gasteiger partial charge in [0, 0.05) is 17.3 Å². The van der Waals surface area contributed by atoms with Crippen molar-refractivity contribution < 1.29 is 14.5 Å². The molecule has 27 heavy (non-hydrogen) atoms. The van der Waals surface area contributed by atoms with Crippen LogP contribution in [0.15, 0.2) is 41.5 Å². The quantitative estimate of drug-likeness (QED) is 0.678. The summed E-state index contributed by atoms with van der Waals surface area (Å²) in [7, 11) is 0. The van der Waals surface area contributed by atoms with Crippen LogP contribution in [0.3, 0.4) is 0 Å². The Balaban J connectivity index is 1.66. The molecular weight excluding hydrogens is 389 g/mol. The Morgan fingerprint density at radius 3 is 2.89 bits per heavy atom. The molecule has 148 valence electrons. The van der Waals surface area contributed by atoms with Crippen LogP contribution in [0.4, 0.5) is 5.69 Å². The summed E-state index contributed by atoms with van der Waals surface area (Å²) < 4.78 is 5.69. The molecule has 0 radical (unpaired) electrons. The predicted molar refractivity (Wildman–Crippen MR) is 108 cm³/mol. The first-order chi connectivity index (χ1) is 13.0. The molecule has 1 saturated heterocycles. The average molecular weight is 414 g/mol. The van der Waals surface area contributed by atoms with Gasteiger partial charge in [-0.15, -0.1) is 0 Å². The van der Waals surface area contributed by atoms with Crippen LogP contribution in [0.1, 0.15) is 20.3 Å². The van der Waals surface area contributed by atoms with Crippen LogP contribution in [0.5, 0.6) is 5.75 Å². The van der Waals surface area contributed by atoms with Gasteiger partial charge in [0.25, 0.3) is 0 Å². The van der Waals surface area contributed by atoms with E-state index in [0.29, 0.717) is 23.4 Å². The lowest BCUT2D eigenvalue weighted by atomic mass is 10.0. The molecule has 2 N–H and O–H groups in total. The number of ether oxygens (including phenoxy) is 1. The smallest absolute Gasteiger partial charge is 0.138 e. The van der Waals surface area contributed by atoms with Gasteiger partial charge in [-0.1, -0.05) is 35.4 Å². The van der Waals surface area contributed by atoms with Gasteiger partial charge in [-0.2, -0.15) is 0 Å². The summed E-state index contributed by atoms with van der Waals surface area (Å²) >= 11 is 12.4. The van der Waals surface area contributed by atoms with Crippen molar-refractivity contribution in [2.45, 2.75) is 32.7 Å². The van der Waals surface area contributed by atoms with Gasteiger partial charge in [0.15, 0.2) is 0 Å². The van der Waals surface area contributed by atoms with E-state index in [1.54, 1.807) is 0 Å². The van der Waals surface area contributed by atoms with Gasteiger partial charge in [0.2, 0.25) is 0 Å². The largest absolute Gasteiger partial charge is 0.489 e. The Morgan fingerprint density at radius 2 is 2.19 bits per heavy atom. The maximum Gasteiger partial charge on any atom is 0.138 e. The maximum absolute atomic E-state index is 6.35. The van der Waals surface area contributed by atoms with E-state index in [-0.39, 0.29) is 19.1 Å². The second-order valence-electron chi connectivity index (χ2n) is 6.79. The monoisotopic (exact) mass is 413 g/mol. The number of hydrogen-bond acceptors (Lipinski definition) is 6. The van der Waals surface area contributed by atoms with Crippen molar-refractivity contribution in [3.8, 4) is 5.75 Å². The second kappa shape index (κ2) is 9.78. The number of rotatable bonds is 6. The molecule has 0 bridgehead atoms. The van der Waals surface area contributed by atoms with Crippen LogP contribution < -0.4 is 15.4 Å². The molecule has 6 nitrogen and oxygen atoms in total. The van der Waals surface area contributed by atoms with E-state index in [9.17, 15) is 0 Å². The highest BCUT2D eigenvalue weighted by Crippen LogP contribution is 2.29. The third-order valence-electron chi connectivity index (χ3n) is 4.21. The minimum atomic E-state index is -0.171. The van der Waals surface area contributed by atoms with Gasteiger partial charge in [-0.25, -0.2) is 14.7 Å². The lowest BCUT2D eigenvalue weighted by Crippen LogP contribution is -2.51. The molecule has 0 amide bonds. The molecule has 1 aromatic carbocycles. The zero-order valence-electron chi connectivity index (χ0n) is 15.5. The predicted octanol–water partition coefficient (Wildman–Crippen LogP) is 4.29. The fraction of sp³-hybridized carbons (Fsp3) is 0.474. The van der Waals surface area contributed by atoms with Gasteiger partial charge in [0.1, 0.15) is 25.5 Å². The van der Waals surface area contributed by atoms with Crippen LogP contribution in [0.2, 0.25) is 5.02 Å². The topological polar surface area (TPSA) is 55.0 Å². The van der Waals surface area contributed by atoms with Crippen LogP contribution in [0, 0.1) is 5.92 Å². The van der Waals surface area contributed by atoms with E-state index in [0.717, 1.165) is 23.7 Å². The molecule has 0 aromatic heterocycles. The lowest BCUT2D eigenvalue weighted by Gasteiger charge is -2.32. The molecular formula is C19H25Cl2N3O3. The van der Waals surface area contributed by atoms with E-state index in [1.807, 2.05) is 44.2 Å². The Bertz CT molecular complexity index is 697. The highest BCUT2D eigenvalue weighted by Gasteiger charge is 2.24. The van der Waals surface area contributed by atoms with E-state index in [2.05, 4.69) is 21.6 Å². The zero-order chi connectivity index (χ0) is 19.2. The summed E-state index contributed by atoms with van der Waals surface area (Å²) in [6.45, 7) is 5.35. The summed E-state index contributed by atoms with van der Waals surface area (Å²) in [4.78, 5) is 12.5. The summed E-state index contributed by atoms with van der Waals surface area (Å²) in [5, 5.41) is 8.06. The molecule has 1 fully saturated rings. The van der Waals surface area contributed by atoms with Gasteiger partial charge in [-0.05, 0) is 50.5 Å². The molecule has 0 saturated carbocycles. The highest BCUT2D eigenvalue weighted by molar-refractivity contribution is 6.32. The zero-order valence-corrected chi connectivity index (χ0v) is 17.0. The van der Waals surface area contributed by atoms with E-state index in [1.165, 1.54) is 0 Å². The fourth-order valence-corrected chi connectivity index (χ4v) is 3.32. The van der Waals surface area contributed by atoms with Gasteiger partial charge < -0.3 is 10.1 Å². The molecule has 1 aliphatic carbocycles. The molecule has 8 heteroatoms. The Hall–Kier alpha value is -1.28. The van der Waals surface area contributed by atoms with E-state index < -0.39 is 0 Å². The fourth-order valence-electron chi connectivity index (χ4n) is 2.94. The maximum atomic E-state index is 6.35. The highest BCUT2D eigenvalue weighted by atomic mass is 35.5. The van der Waals surface area contributed by atoms with Crippen LogP contribution in [0.25, 0.3) is 0 Å². The van der Waals surface area contributed by atoms with Crippen LogP contribution in [-0.4, -0.2) is 37.3 Å². The summed E-state index contributed by atoms with van der Waals surface area (Å²) in [5.41, 5.74) is 0.877. The molecule has 2 unspecified atom stereocenters. The van der Waals surface area contributed by atoms with Crippen LogP contribution in [-0.2, 0) is 9.78 Å². The molecule has 3 rings (SSSR count). The molecule has 1 aliphatic heterocycles. The molecule has 0 spiro atoms. The van der Waals surface area contributed by atoms with E-state index >= 15 is 0 Å². The van der Waals surface area contributed by atoms with E-state index in [4.69, 9.17) is 37.7 Å². The first-order valence-electron chi connectivity index (χ1n) is 8.99. The van der Waals surface area contributed by atoms with Crippen molar-refractivity contribution in [3.05, 3.63) is 46.5 Å². The minimum absolute atomic E-state index is 0.0701. The number of halogens is 2. The first-order valence-corrected chi connectivity index (χ1v) is 9.75. The molecule has 2 atom stereocenters. The Morgan fingerprint density at radius 1 is 1.33 bits per heavy atom. The SMILES string of the molecule is CC(C)Oc1ccc(NC2NCOOCN2CC2C=CC(Cl)=CC2)cc1Cl. The molecule has 2 aliphatic rings. The normalized spacial score (nSPS) is 23.8. The van der Waals surface area contributed by atoms with Crippen molar-refractivity contribution in [1.29, 1.82) is 0 Å². The Kier molecular flexibility index (Phi) is 7.41. The number of nitrogens with zero attached hydrogens (tertiary/aromatic N) is 1. The number of anilines is 1. The molecule has 1 heterocycles. The Labute approximate surface area is 170 Å². The van der Waals surface area contributed by atoms with Gasteiger partial charge in [0.05, 0.1) is 11.1 Å². The number of hydrogen-bond donors (Lipinski definition) is 2. The third-order valence-corrected chi connectivity index (χ3v) is 4.79. The number of allylic oxidation sites excluding steroid dienone is 3. The van der Waals surface area contributed by atoms with Crippen molar-refractivity contribution >= 4 is 28.9 Å². The minimum Gasteiger partial charge on any atom is -0.489 e. The summed E-state index contributed by atoms with van der Waals surface area (Å²) in [6.07, 6.45) is 6.89. The van der Waals surface area contributed by atoms with Gasteiger partial charge in [-0.3, -0.25) is 5.32 Å². The van der Waals surface area contributed by atoms with Crippen molar-refractivity contribution in [2.75, 3.05) is 25.3 Å². The number of benzene rings is 1. The van der Waals surface area contributed by atoms with Gasteiger partial charge >= 0.3 is 0 Å². The standard InChI is InChI=1S/C19H25Cl2N3O3/c1-13(2)27-18-8-7-16(9-17(18)21)23-19-22-11-25-26-12-24(19)10-14-3-5-15(20)6-4-14/h3,5-9,13-14,19,22-23H,4,10-12H2,1-2H3. The van der Waals surface area contributed by atoms with Crippen LogP contribution >= 0.6 is 23.2 Å². The summed E-state index contributed by atoms with van der Waals surface area (Å²) in [5.74, 6) is 1.02. The van der Waals surface area contributed by atoms with Crippen molar-refractivity contribution in [3.63, 3.8) is 0 Å². The average Bonchev–Trinajstić information content (AvgIpc) is 2.84. The third kappa shape index (κ3) is 6.10. The van der Waals surface area contributed by atoms with Crippen molar-refractivity contribution in [2.24, 2.45) is 5.92 Å². The van der Waals surface area contributed by atoms with Crippen molar-refractivity contribution in [1.82, 2.24) is 10.2 Å². The molecule has 1 aromatic rings. The summed E-state index contributed by atoms with van der Waals surface area (Å²) in [6, 6.07) is 5.67.